The van der Waals surface area contributed by atoms with E-state index in [1.165, 1.54) is 29.2 Å². The molecule has 38 heavy (non-hydrogen) atoms. The molecule has 8 heteroatoms. The van der Waals surface area contributed by atoms with E-state index in [1.807, 2.05) is 20.8 Å². The molecule has 0 spiro atoms. The number of likely N-dealkylation sites (tertiary alicyclic amines) is 1. The zero-order valence-corrected chi connectivity index (χ0v) is 23.3. The lowest BCUT2D eigenvalue weighted by Crippen LogP contribution is -2.63. The monoisotopic (exact) mass is 523 g/mol. The van der Waals surface area contributed by atoms with Crippen LogP contribution in [0.2, 0.25) is 0 Å². The highest BCUT2D eigenvalue weighted by Crippen LogP contribution is 2.66. The Bertz CT molecular complexity index is 1160. The first kappa shape index (κ1) is 26.8. The molecule has 3 saturated carbocycles. The van der Waals surface area contributed by atoms with Gasteiger partial charge in [0.2, 0.25) is 11.8 Å². The predicted molar refractivity (Wildman–Crippen MR) is 143 cm³/mol. The third-order valence-corrected chi connectivity index (χ3v) is 10.6. The van der Waals surface area contributed by atoms with Crippen LogP contribution in [0.5, 0.6) is 0 Å². The van der Waals surface area contributed by atoms with Crippen molar-refractivity contribution in [2.24, 2.45) is 34.5 Å². The number of non-ortho nitro benzene ring substituents is 1. The molecule has 206 valence electrons. The molecule has 4 aliphatic rings. The van der Waals surface area contributed by atoms with E-state index >= 15 is 0 Å². The van der Waals surface area contributed by atoms with Crippen LogP contribution in [0.4, 0.5) is 5.69 Å². The average molecular weight is 524 g/mol. The molecule has 0 bridgehead atoms. The Morgan fingerprint density at radius 3 is 2.26 bits per heavy atom. The van der Waals surface area contributed by atoms with Crippen molar-refractivity contribution in [1.29, 1.82) is 0 Å². The summed E-state index contributed by atoms with van der Waals surface area (Å²) in [4.78, 5) is 52.1. The van der Waals surface area contributed by atoms with Gasteiger partial charge in [-0.15, -0.1) is 0 Å². The number of piperidine rings is 1. The Hall–Kier alpha value is -2.77. The second kappa shape index (κ2) is 9.16. The summed E-state index contributed by atoms with van der Waals surface area (Å²) in [5.74, 6) is 1.10. The van der Waals surface area contributed by atoms with E-state index in [1.54, 1.807) is 0 Å². The van der Waals surface area contributed by atoms with Crippen LogP contribution in [-0.4, -0.2) is 39.1 Å². The minimum absolute atomic E-state index is 0.0154. The molecule has 1 N–H and O–H groups in total. The summed E-state index contributed by atoms with van der Waals surface area (Å²) in [7, 11) is 0. The van der Waals surface area contributed by atoms with E-state index in [-0.39, 0.29) is 51.7 Å². The number of carbonyl (C=O) groups excluding carboxylic acids is 3. The largest absolute Gasteiger partial charge is 0.351 e. The molecular weight excluding hydrogens is 482 g/mol. The van der Waals surface area contributed by atoms with Crippen LogP contribution < -0.4 is 5.32 Å². The summed E-state index contributed by atoms with van der Waals surface area (Å²) in [6.45, 7) is 10.7. The molecule has 3 aliphatic carbocycles. The Morgan fingerprint density at radius 1 is 0.974 bits per heavy atom. The first-order valence-electron chi connectivity index (χ1n) is 14.2. The van der Waals surface area contributed by atoms with E-state index in [9.17, 15) is 24.5 Å². The number of carbonyl (C=O) groups is 3. The van der Waals surface area contributed by atoms with E-state index < -0.39 is 4.92 Å². The Labute approximate surface area is 225 Å². The Kier molecular flexibility index (Phi) is 6.47. The second-order valence-corrected chi connectivity index (χ2v) is 13.8. The summed E-state index contributed by atoms with van der Waals surface area (Å²) >= 11 is 0. The minimum atomic E-state index is -0.490. The third-order valence-electron chi connectivity index (χ3n) is 10.6. The third kappa shape index (κ3) is 4.24. The maximum absolute atomic E-state index is 13.6. The van der Waals surface area contributed by atoms with Crippen molar-refractivity contribution < 1.29 is 19.3 Å². The minimum Gasteiger partial charge on any atom is -0.351 e. The normalized spacial score (nSPS) is 36.6. The number of nitro groups is 1. The fraction of sp³-hybridized carbons (Fsp3) is 0.700. The molecule has 5 rings (SSSR count). The topological polar surface area (TPSA) is 110 Å². The lowest BCUT2D eigenvalue weighted by molar-refractivity contribution is -0.384. The first-order valence-corrected chi connectivity index (χ1v) is 14.2. The summed E-state index contributed by atoms with van der Waals surface area (Å²) in [5.41, 5.74) is -0.190. The molecule has 0 aromatic heterocycles. The highest BCUT2D eigenvalue weighted by Gasteiger charge is 2.63. The van der Waals surface area contributed by atoms with Gasteiger partial charge in [0.15, 0.2) is 0 Å². The highest BCUT2D eigenvalue weighted by molar-refractivity contribution is 6.05. The van der Waals surface area contributed by atoms with Crippen molar-refractivity contribution in [3.05, 3.63) is 39.9 Å². The molecule has 8 nitrogen and oxygen atoms in total. The smallest absolute Gasteiger partial charge is 0.269 e. The van der Waals surface area contributed by atoms with Crippen molar-refractivity contribution in [3.8, 4) is 0 Å². The fourth-order valence-electron chi connectivity index (χ4n) is 8.89. The lowest BCUT2D eigenvalue weighted by atomic mass is 9.46. The van der Waals surface area contributed by atoms with Crippen molar-refractivity contribution in [3.63, 3.8) is 0 Å². The number of hydrogen-bond acceptors (Lipinski definition) is 5. The number of nitrogens with one attached hydrogen (secondary N) is 1. The number of benzene rings is 1. The number of imide groups is 1. The number of nitro benzene ring substituents is 1. The molecule has 3 amide bonds. The van der Waals surface area contributed by atoms with Crippen LogP contribution in [-0.2, 0) is 9.59 Å². The second-order valence-electron chi connectivity index (χ2n) is 13.8. The van der Waals surface area contributed by atoms with Crippen molar-refractivity contribution in [1.82, 2.24) is 10.2 Å². The highest BCUT2D eigenvalue weighted by atomic mass is 16.6. The standard InChI is InChI=1S/C30H41N3O5/c1-28(2,3)31-26(35)23-12-11-21-20-10-13-24-30(5,22(20)14-16-29(21,23)4)17-15-25(34)32(24)27(36)18-6-8-19(9-7-18)33(37)38/h6-9,20-24H,10-17H2,1-5H3,(H,31,35)/t20-,21-,22-,23+,24+,29-,30+/m0/s1. The van der Waals surface area contributed by atoms with Crippen molar-refractivity contribution in [2.45, 2.75) is 97.6 Å². The fourth-order valence-corrected chi connectivity index (χ4v) is 8.89. The van der Waals surface area contributed by atoms with Crippen LogP contribution in [0, 0.1) is 44.6 Å². The Balaban J connectivity index is 1.38. The molecular formula is C30H41N3O5. The molecule has 1 saturated heterocycles. The van der Waals surface area contributed by atoms with Gasteiger partial charge >= 0.3 is 0 Å². The molecule has 0 radical (unpaired) electrons. The van der Waals surface area contributed by atoms with E-state index in [4.69, 9.17) is 0 Å². The van der Waals surface area contributed by atoms with Gasteiger partial charge in [0.25, 0.3) is 11.6 Å². The summed E-state index contributed by atoms with van der Waals surface area (Å²) < 4.78 is 0. The van der Waals surface area contributed by atoms with Gasteiger partial charge in [0, 0.05) is 41.6 Å². The number of nitrogens with zero attached hydrogens (tertiary/aromatic N) is 2. The van der Waals surface area contributed by atoms with Crippen LogP contribution in [0.25, 0.3) is 0 Å². The SMILES string of the molecule is CC(C)(C)NC(=O)[C@H]1CC[C@H]2[C@@H]3CC[C@H]4N(C(=O)c5ccc([N+](=O)[O-])cc5)C(=O)CC[C@]4(C)[C@H]3CC[C@]12C. The molecule has 1 aliphatic heterocycles. The summed E-state index contributed by atoms with van der Waals surface area (Å²) in [6.07, 6.45) is 6.84. The number of rotatable bonds is 3. The van der Waals surface area contributed by atoms with Gasteiger partial charge in [-0.25, -0.2) is 0 Å². The molecule has 0 unspecified atom stereocenters. The number of fused-ring (bicyclic) bond motifs is 5. The van der Waals surface area contributed by atoms with Crippen LogP contribution in [0.3, 0.4) is 0 Å². The first-order chi connectivity index (χ1) is 17.8. The average Bonchev–Trinajstić information content (AvgIpc) is 3.20. The zero-order valence-electron chi connectivity index (χ0n) is 23.3. The summed E-state index contributed by atoms with van der Waals surface area (Å²) in [6, 6.07) is 5.40. The van der Waals surface area contributed by atoms with Gasteiger partial charge < -0.3 is 5.32 Å². The van der Waals surface area contributed by atoms with Crippen LogP contribution in [0.15, 0.2) is 24.3 Å². The van der Waals surface area contributed by atoms with Gasteiger partial charge in [0.05, 0.1) is 4.92 Å². The van der Waals surface area contributed by atoms with Gasteiger partial charge in [-0.3, -0.25) is 29.4 Å². The Morgan fingerprint density at radius 2 is 1.63 bits per heavy atom. The van der Waals surface area contributed by atoms with E-state index in [0.717, 1.165) is 44.9 Å². The molecule has 1 aromatic rings. The number of hydrogen-bond donors (Lipinski definition) is 1. The predicted octanol–water partition coefficient (Wildman–Crippen LogP) is 5.50. The van der Waals surface area contributed by atoms with Gasteiger partial charge in [-0.05, 0) is 106 Å². The van der Waals surface area contributed by atoms with E-state index in [2.05, 4.69) is 19.2 Å². The van der Waals surface area contributed by atoms with Crippen LogP contribution >= 0.6 is 0 Å². The maximum atomic E-state index is 13.6. The molecule has 1 heterocycles. The van der Waals surface area contributed by atoms with Crippen molar-refractivity contribution >= 4 is 23.4 Å². The van der Waals surface area contributed by atoms with Crippen LogP contribution in [0.1, 0.15) is 96.3 Å². The molecule has 1 aromatic carbocycles. The quantitative estimate of drug-likeness (QED) is 0.320. The zero-order chi connectivity index (χ0) is 27.6. The molecule has 4 fully saturated rings. The van der Waals surface area contributed by atoms with Gasteiger partial charge in [-0.2, -0.15) is 0 Å². The number of amides is 3. The van der Waals surface area contributed by atoms with Gasteiger partial charge in [-0.1, -0.05) is 13.8 Å². The summed E-state index contributed by atoms with van der Waals surface area (Å²) in [5, 5.41) is 14.3. The molecule has 7 atom stereocenters. The van der Waals surface area contributed by atoms with E-state index in [0.29, 0.717) is 29.7 Å². The lowest BCUT2D eigenvalue weighted by Gasteiger charge is -2.61. The van der Waals surface area contributed by atoms with Gasteiger partial charge in [0.1, 0.15) is 0 Å². The maximum Gasteiger partial charge on any atom is 0.269 e. The van der Waals surface area contributed by atoms with Crippen molar-refractivity contribution in [2.75, 3.05) is 0 Å².